The van der Waals surface area contributed by atoms with E-state index in [4.69, 9.17) is 4.98 Å². The summed E-state index contributed by atoms with van der Waals surface area (Å²) in [6.07, 6.45) is 10.7. The van der Waals surface area contributed by atoms with Gasteiger partial charge in [0.15, 0.2) is 5.82 Å². The molecule has 1 aliphatic carbocycles. The highest BCUT2D eigenvalue weighted by atomic mass is 15.0. The minimum Gasteiger partial charge on any atom is -0.370 e. The molecule has 0 saturated carbocycles. The molecule has 0 fully saturated rings. The van der Waals surface area contributed by atoms with Gasteiger partial charge < -0.3 is 5.32 Å². The Labute approximate surface area is 118 Å². The highest BCUT2D eigenvalue weighted by Crippen LogP contribution is 2.27. The van der Waals surface area contributed by atoms with Gasteiger partial charge in [-0.25, -0.2) is 15.0 Å². The van der Waals surface area contributed by atoms with Gasteiger partial charge in [0.2, 0.25) is 0 Å². The quantitative estimate of drug-likeness (QED) is 0.924. The molecule has 5 heteroatoms. The van der Waals surface area contributed by atoms with Gasteiger partial charge in [-0.3, -0.25) is 4.98 Å². The normalized spacial score (nSPS) is 13.8. The maximum Gasteiger partial charge on any atom is 0.182 e. The number of anilines is 1. The van der Waals surface area contributed by atoms with Crippen LogP contribution in [0.1, 0.15) is 37.4 Å². The van der Waals surface area contributed by atoms with Gasteiger partial charge in [-0.05, 0) is 32.1 Å². The Bertz CT molecular complexity index is 582. The van der Waals surface area contributed by atoms with E-state index >= 15 is 0 Å². The second-order valence-electron chi connectivity index (χ2n) is 5.05. The molecule has 104 valence electrons. The van der Waals surface area contributed by atoms with E-state index in [1.807, 2.05) is 0 Å². The number of hydrogen-bond donors (Lipinski definition) is 1. The Hall–Kier alpha value is -2.04. The number of aromatic nitrogens is 4. The van der Waals surface area contributed by atoms with Crippen LogP contribution >= 0.6 is 0 Å². The summed E-state index contributed by atoms with van der Waals surface area (Å²) in [5.74, 6) is 1.66. The van der Waals surface area contributed by atoms with Crippen molar-refractivity contribution in [3.63, 3.8) is 0 Å². The summed E-state index contributed by atoms with van der Waals surface area (Å²) >= 11 is 0. The third kappa shape index (κ3) is 2.61. The molecule has 1 aliphatic rings. The Morgan fingerprint density at radius 3 is 2.85 bits per heavy atom. The van der Waals surface area contributed by atoms with Crippen LogP contribution in [-0.2, 0) is 12.8 Å². The number of nitrogens with zero attached hydrogens (tertiary/aromatic N) is 4. The Balaban J connectivity index is 2.03. The van der Waals surface area contributed by atoms with Crippen molar-refractivity contribution in [2.75, 3.05) is 11.9 Å². The molecule has 0 radical (unpaired) electrons. The topological polar surface area (TPSA) is 63.6 Å². The molecule has 2 aromatic rings. The van der Waals surface area contributed by atoms with Crippen LogP contribution in [0.25, 0.3) is 11.5 Å². The van der Waals surface area contributed by atoms with Gasteiger partial charge >= 0.3 is 0 Å². The van der Waals surface area contributed by atoms with Gasteiger partial charge in [0.1, 0.15) is 11.5 Å². The van der Waals surface area contributed by atoms with Crippen molar-refractivity contribution < 1.29 is 0 Å². The molecule has 20 heavy (non-hydrogen) atoms. The lowest BCUT2D eigenvalue weighted by Gasteiger charge is -2.19. The van der Waals surface area contributed by atoms with Crippen molar-refractivity contribution in [1.29, 1.82) is 0 Å². The molecule has 0 amide bonds. The summed E-state index contributed by atoms with van der Waals surface area (Å²) in [6, 6.07) is 0. The predicted octanol–water partition coefficient (Wildman–Crippen LogP) is 2.63. The zero-order chi connectivity index (χ0) is 13.8. The van der Waals surface area contributed by atoms with Crippen molar-refractivity contribution in [1.82, 2.24) is 19.9 Å². The Morgan fingerprint density at radius 1 is 1.15 bits per heavy atom. The van der Waals surface area contributed by atoms with Gasteiger partial charge in [0.25, 0.3) is 0 Å². The zero-order valence-corrected chi connectivity index (χ0v) is 11.8. The van der Waals surface area contributed by atoms with E-state index in [-0.39, 0.29) is 0 Å². The first kappa shape index (κ1) is 13.0. The molecule has 0 saturated heterocycles. The predicted molar refractivity (Wildman–Crippen MR) is 78.5 cm³/mol. The summed E-state index contributed by atoms with van der Waals surface area (Å²) < 4.78 is 0. The summed E-state index contributed by atoms with van der Waals surface area (Å²) in [5, 5.41) is 3.43. The average Bonchev–Trinajstić information content (AvgIpc) is 2.53. The van der Waals surface area contributed by atoms with E-state index < -0.39 is 0 Å². The van der Waals surface area contributed by atoms with Crippen molar-refractivity contribution in [3.8, 4) is 11.5 Å². The highest BCUT2D eigenvalue weighted by molar-refractivity contribution is 5.56. The van der Waals surface area contributed by atoms with Crippen LogP contribution in [0.5, 0.6) is 0 Å². The molecule has 0 unspecified atom stereocenters. The van der Waals surface area contributed by atoms with E-state index in [2.05, 4.69) is 27.2 Å². The van der Waals surface area contributed by atoms with E-state index in [1.54, 1.807) is 18.6 Å². The minimum absolute atomic E-state index is 0.678. The smallest absolute Gasteiger partial charge is 0.182 e. The van der Waals surface area contributed by atoms with Crippen molar-refractivity contribution in [3.05, 3.63) is 29.8 Å². The van der Waals surface area contributed by atoms with Gasteiger partial charge in [0, 0.05) is 30.2 Å². The summed E-state index contributed by atoms with van der Waals surface area (Å²) in [4.78, 5) is 17.8. The molecule has 0 bridgehead atoms. The fraction of sp³-hybridized carbons (Fsp3) is 0.467. The first-order valence-corrected chi connectivity index (χ1v) is 7.28. The third-order valence-electron chi connectivity index (χ3n) is 3.52. The van der Waals surface area contributed by atoms with E-state index in [9.17, 15) is 0 Å². The van der Waals surface area contributed by atoms with Gasteiger partial charge in [-0.15, -0.1) is 0 Å². The maximum atomic E-state index is 4.70. The van der Waals surface area contributed by atoms with Crippen LogP contribution in [0.4, 0.5) is 5.82 Å². The fourth-order valence-electron chi connectivity index (χ4n) is 2.51. The molecule has 0 aromatic carbocycles. The van der Waals surface area contributed by atoms with Gasteiger partial charge in [-0.1, -0.05) is 6.92 Å². The van der Waals surface area contributed by atoms with Crippen LogP contribution in [0, 0.1) is 0 Å². The number of hydrogen-bond acceptors (Lipinski definition) is 5. The lowest BCUT2D eigenvalue weighted by molar-refractivity contribution is 0.664. The Kier molecular flexibility index (Phi) is 3.85. The van der Waals surface area contributed by atoms with Crippen molar-refractivity contribution in [2.24, 2.45) is 0 Å². The standard InChI is InChI=1S/C15H19N5/c1-2-7-18-14-11-5-3-4-6-12(11)19-15(20-14)13-10-16-8-9-17-13/h8-10H,2-7H2,1H3,(H,18,19,20). The number of fused-ring (bicyclic) bond motifs is 1. The van der Waals surface area contributed by atoms with Crippen molar-refractivity contribution >= 4 is 5.82 Å². The minimum atomic E-state index is 0.678. The summed E-state index contributed by atoms with van der Waals surface area (Å²) in [5.41, 5.74) is 3.20. The largest absolute Gasteiger partial charge is 0.370 e. The number of nitrogens with one attached hydrogen (secondary N) is 1. The SMILES string of the molecule is CCCNc1nc(-c2cnccn2)nc2c1CCCC2. The van der Waals surface area contributed by atoms with E-state index in [0.29, 0.717) is 5.82 Å². The second-order valence-corrected chi connectivity index (χ2v) is 5.05. The first-order valence-electron chi connectivity index (χ1n) is 7.28. The molecular weight excluding hydrogens is 250 g/mol. The third-order valence-corrected chi connectivity index (χ3v) is 3.52. The molecule has 2 heterocycles. The lowest BCUT2D eigenvalue weighted by Crippen LogP contribution is -2.14. The molecular formula is C15H19N5. The molecule has 5 nitrogen and oxygen atoms in total. The fourth-order valence-corrected chi connectivity index (χ4v) is 2.51. The van der Waals surface area contributed by atoms with E-state index in [1.165, 1.54) is 24.1 Å². The number of aryl methyl sites for hydroxylation is 1. The van der Waals surface area contributed by atoms with Crippen LogP contribution in [0.3, 0.4) is 0 Å². The molecule has 0 atom stereocenters. The van der Waals surface area contributed by atoms with Crippen LogP contribution in [0.2, 0.25) is 0 Å². The highest BCUT2D eigenvalue weighted by Gasteiger charge is 2.18. The molecule has 2 aromatic heterocycles. The van der Waals surface area contributed by atoms with Crippen molar-refractivity contribution in [2.45, 2.75) is 39.0 Å². The first-order chi connectivity index (χ1) is 9.88. The molecule has 0 aliphatic heterocycles. The maximum absolute atomic E-state index is 4.70. The molecule has 0 spiro atoms. The zero-order valence-electron chi connectivity index (χ0n) is 11.8. The van der Waals surface area contributed by atoms with Crippen LogP contribution in [-0.4, -0.2) is 26.5 Å². The second kappa shape index (κ2) is 5.94. The van der Waals surface area contributed by atoms with Gasteiger partial charge in [0.05, 0.1) is 6.20 Å². The molecule has 3 rings (SSSR count). The lowest BCUT2D eigenvalue weighted by atomic mass is 9.96. The monoisotopic (exact) mass is 269 g/mol. The Morgan fingerprint density at radius 2 is 2.05 bits per heavy atom. The molecule has 1 N–H and O–H groups in total. The number of rotatable bonds is 4. The van der Waals surface area contributed by atoms with Crippen LogP contribution in [0.15, 0.2) is 18.6 Å². The average molecular weight is 269 g/mol. The summed E-state index contributed by atoms with van der Waals surface area (Å²) in [6.45, 7) is 3.09. The van der Waals surface area contributed by atoms with Crippen LogP contribution < -0.4 is 5.32 Å². The summed E-state index contributed by atoms with van der Waals surface area (Å²) in [7, 11) is 0. The van der Waals surface area contributed by atoms with Gasteiger partial charge in [-0.2, -0.15) is 0 Å². The van der Waals surface area contributed by atoms with E-state index in [0.717, 1.165) is 37.3 Å².